The van der Waals surface area contributed by atoms with E-state index in [0.717, 1.165) is 31.2 Å². The molecule has 0 radical (unpaired) electrons. The zero-order valence-corrected chi connectivity index (χ0v) is 9.53. The summed E-state index contributed by atoms with van der Waals surface area (Å²) < 4.78 is 5.64. The van der Waals surface area contributed by atoms with Gasteiger partial charge in [-0.25, -0.2) is 0 Å². The number of nitrogens with one attached hydrogen (secondary N) is 1. The molecule has 1 atom stereocenters. The molecule has 1 aromatic rings. The van der Waals surface area contributed by atoms with Crippen LogP contribution in [0.4, 0.5) is 0 Å². The van der Waals surface area contributed by atoms with Gasteiger partial charge in [-0.3, -0.25) is 10.1 Å². The van der Waals surface area contributed by atoms with Crippen LogP contribution < -0.4 is 5.32 Å². The summed E-state index contributed by atoms with van der Waals surface area (Å²) >= 11 is 0. The standard InChI is InChI=1S/C13H17NO2/c1-16-13(7-2-3-8-14-13)12-6-4-5-11(9-12)10-15/h4-6,9-10,14H,2-3,7-8H2,1H3/t13-/m0/s1. The molecule has 3 nitrogen and oxygen atoms in total. The molecule has 1 aliphatic rings. The zero-order chi connectivity index (χ0) is 11.4. The lowest BCUT2D eigenvalue weighted by atomic mass is 9.92. The first-order chi connectivity index (χ1) is 7.80. The number of carbonyl (C=O) groups is 1. The summed E-state index contributed by atoms with van der Waals surface area (Å²) in [5.41, 5.74) is 1.33. The normalized spacial score (nSPS) is 25.3. The van der Waals surface area contributed by atoms with Crippen molar-refractivity contribution in [3.8, 4) is 0 Å². The first kappa shape index (κ1) is 11.3. The Morgan fingerprint density at radius 2 is 2.31 bits per heavy atom. The molecule has 1 heterocycles. The lowest BCUT2D eigenvalue weighted by Gasteiger charge is -2.37. The quantitative estimate of drug-likeness (QED) is 0.791. The second-order valence-corrected chi connectivity index (χ2v) is 4.16. The van der Waals surface area contributed by atoms with Gasteiger partial charge in [-0.2, -0.15) is 0 Å². The third-order valence-corrected chi connectivity index (χ3v) is 3.20. The van der Waals surface area contributed by atoms with Crippen LogP contribution in [0.15, 0.2) is 24.3 Å². The molecule has 16 heavy (non-hydrogen) atoms. The number of benzene rings is 1. The van der Waals surface area contributed by atoms with Crippen LogP contribution >= 0.6 is 0 Å². The Kier molecular flexibility index (Phi) is 3.36. The fraction of sp³-hybridized carbons (Fsp3) is 0.462. The number of piperidine rings is 1. The molecular weight excluding hydrogens is 202 g/mol. The molecule has 1 fully saturated rings. The number of methoxy groups -OCH3 is 1. The Labute approximate surface area is 95.8 Å². The van der Waals surface area contributed by atoms with E-state index in [2.05, 4.69) is 5.32 Å². The molecule has 1 aromatic carbocycles. The van der Waals surface area contributed by atoms with Crippen LogP contribution in [0.5, 0.6) is 0 Å². The van der Waals surface area contributed by atoms with Crippen molar-refractivity contribution in [2.45, 2.75) is 25.0 Å². The molecule has 0 amide bonds. The van der Waals surface area contributed by atoms with Crippen LogP contribution in [-0.2, 0) is 10.5 Å². The first-order valence-electron chi connectivity index (χ1n) is 5.67. The minimum absolute atomic E-state index is 0.405. The number of rotatable bonds is 3. The van der Waals surface area contributed by atoms with Crippen molar-refractivity contribution >= 4 is 6.29 Å². The second-order valence-electron chi connectivity index (χ2n) is 4.16. The van der Waals surface area contributed by atoms with E-state index < -0.39 is 5.72 Å². The number of aldehydes is 1. The van der Waals surface area contributed by atoms with Gasteiger partial charge in [0.15, 0.2) is 0 Å². The van der Waals surface area contributed by atoms with E-state index in [0.29, 0.717) is 5.56 Å². The Hall–Kier alpha value is -1.19. The number of hydrogen-bond acceptors (Lipinski definition) is 3. The molecule has 3 heteroatoms. The third-order valence-electron chi connectivity index (χ3n) is 3.20. The van der Waals surface area contributed by atoms with Crippen molar-refractivity contribution in [3.05, 3.63) is 35.4 Å². The molecule has 0 aliphatic carbocycles. The highest BCUT2D eigenvalue weighted by Gasteiger charge is 2.33. The average molecular weight is 219 g/mol. The Morgan fingerprint density at radius 1 is 1.44 bits per heavy atom. The van der Waals surface area contributed by atoms with E-state index in [-0.39, 0.29) is 0 Å². The summed E-state index contributed by atoms with van der Waals surface area (Å²) in [7, 11) is 1.71. The van der Waals surface area contributed by atoms with Crippen molar-refractivity contribution in [3.63, 3.8) is 0 Å². The molecule has 1 N–H and O–H groups in total. The van der Waals surface area contributed by atoms with Gasteiger partial charge in [-0.15, -0.1) is 0 Å². The fourth-order valence-corrected chi connectivity index (χ4v) is 2.28. The number of carbonyl (C=O) groups excluding carboxylic acids is 1. The molecule has 86 valence electrons. The van der Waals surface area contributed by atoms with Crippen molar-refractivity contribution in [1.29, 1.82) is 0 Å². The van der Waals surface area contributed by atoms with E-state index >= 15 is 0 Å². The highest BCUT2D eigenvalue weighted by Crippen LogP contribution is 2.31. The first-order valence-corrected chi connectivity index (χ1v) is 5.67. The summed E-state index contributed by atoms with van der Waals surface area (Å²) in [6.07, 6.45) is 4.14. The predicted octanol–water partition coefficient (Wildman–Crippen LogP) is 2.07. The van der Waals surface area contributed by atoms with Gasteiger partial charge in [0.1, 0.15) is 12.0 Å². The van der Waals surface area contributed by atoms with Crippen LogP contribution in [0.3, 0.4) is 0 Å². The molecular formula is C13H17NO2. The molecule has 0 bridgehead atoms. The SMILES string of the molecule is CO[C@]1(c2cccc(C=O)c2)CCCCN1. The lowest BCUT2D eigenvalue weighted by molar-refractivity contribution is -0.0648. The topological polar surface area (TPSA) is 38.3 Å². The van der Waals surface area contributed by atoms with Crippen LogP contribution in [0.2, 0.25) is 0 Å². The van der Waals surface area contributed by atoms with Crippen molar-refractivity contribution in [2.24, 2.45) is 0 Å². The monoisotopic (exact) mass is 219 g/mol. The minimum atomic E-state index is -0.405. The van der Waals surface area contributed by atoms with E-state index in [1.165, 1.54) is 6.42 Å². The maximum Gasteiger partial charge on any atom is 0.150 e. The Balaban J connectivity index is 2.34. The van der Waals surface area contributed by atoms with Crippen molar-refractivity contribution in [2.75, 3.05) is 13.7 Å². The largest absolute Gasteiger partial charge is 0.360 e. The maximum absolute atomic E-state index is 10.8. The van der Waals surface area contributed by atoms with Crippen LogP contribution in [0.25, 0.3) is 0 Å². The summed E-state index contributed by atoms with van der Waals surface area (Å²) in [6, 6.07) is 7.61. The maximum atomic E-state index is 10.8. The third kappa shape index (κ3) is 2.01. The number of ether oxygens (including phenoxy) is 1. The van der Waals surface area contributed by atoms with Gasteiger partial charge < -0.3 is 4.74 Å². The summed E-state index contributed by atoms with van der Waals surface area (Å²) in [5.74, 6) is 0. The minimum Gasteiger partial charge on any atom is -0.360 e. The molecule has 0 aromatic heterocycles. The smallest absolute Gasteiger partial charge is 0.150 e. The highest BCUT2D eigenvalue weighted by molar-refractivity contribution is 5.75. The van der Waals surface area contributed by atoms with Gasteiger partial charge in [0.25, 0.3) is 0 Å². The molecule has 1 saturated heterocycles. The molecule has 1 aliphatic heterocycles. The fourth-order valence-electron chi connectivity index (χ4n) is 2.28. The van der Waals surface area contributed by atoms with E-state index in [9.17, 15) is 4.79 Å². The molecule has 0 saturated carbocycles. The second kappa shape index (κ2) is 4.76. The molecule has 2 rings (SSSR count). The van der Waals surface area contributed by atoms with E-state index in [4.69, 9.17) is 4.74 Å². The highest BCUT2D eigenvalue weighted by atomic mass is 16.5. The number of hydrogen-bond donors (Lipinski definition) is 1. The average Bonchev–Trinajstić information content (AvgIpc) is 2.39. The summed E-state index contributed by atoms with van der Waals surface area (Å²) in [6.45, 7) is 0.957. The van der Waals surface area contributed by atoms with Crippen LogP contribution in [0, 0.1) is 0 Å². The van der Waals surface area contributed by atoms with E-state index in [1.807, 2.05) is 24.3 Å². The summed E-state index contributed by atoms with van der Waals surface area (Å²) in [4.78, 5) is 10.8. The van der Waals surface area contributed by atoms with Gasteiger partial charge in [-0.05, 0) is 37.4 Å². The summed E-state index contributed by atoms with van der Waals surface area (Å²) in [5, 5.41) is 3.41. The zero-order valence-electron chi connectivity index (χ0n) is 9.53. The van der Waals surface area contributed by atoms with E-state index in [1.54, 1.807) is 7.11 Å². The van der Waals surface area contributed by atoms with Gasteiger partial charge >= 0.3 is 0 Å². The Morgan fingerprint density at radius 3 is 2.94 bits per heavy atom. The molecule has 0 spiro atoms. The molecule has 0 unspecified atom stereocenters. The van der Waals surface area contributed by atoms with Crippen LogP contribution in [0.1, 0.15) is 35.2 Å². The van der Waals surface area contributed by atoms with Gasteiger partial charge in [0.2, 0.25) is 0 Å². The van der Waals surface area contributed by atoms with Crippen LogP contribution in [-0.4, -0.2) is 19.9 Å². The lowest BCUT2D eigenvalue weighted by Crippen LogP contribution is -2.47. The van der Waals surface area contributed by atoms with Crippen molar-refractivity contribution < 1.29 is 9.53 Å². The van der Waals surface area contributed by atoms with Gasteiger partial charge in [0.05, 0.1) is 0 Å². The van der Waals surface area contributed by atoms with Gasteiger partial charge in [0, 0.05) is 12.7 Å². The Bertz CT molecular complexity index is 370. The predicted molar refractivity (Wildman–Crippen MR) is 62.4 cm³/mol. The van der Waals surface area contributed by atoms with Gasteiger partial charge in [-0.1, -0.05) is 18.2 Å². The van der Waals surface area contributed by atoms with Crippen molar-refractivity contribution in [1.82, 2.24) is 5.32 Å².